The third kappa shape index (κ3) is 2.33. The van der Waals surface area contributed by atoms with Crippen molar-refractivity contribution >= 4 is 0 Å². The average Bonchev–Trinajstić information content (AvgIpc) is 2.84. The lowest BCUT2D eigenvalue weighted by molar-refractivity contribution is 0.451. The van der Waals surface area contributed by atoms with E-state index < -0.39 is 0 Å². The smallest absolute Gasteiger partial charge is 0.180 e. The molecule has 16 heavy (non-hydrogen) atoms. The molecular formula is C12H16N2O2. The first kappa shape index (κ1) is 11.0. The minimum Gasteiger partial charge on any atom is -0.466 e. The molecule has 0 aliphatic carbocycles. The summed E-state index contributed by atoms with van der Waals surface area (Å²) in [6, 6.07) is 2.30. The summed E-state index contributed by atoms with van der Waals surface area (Å²) in [4.78, 5) is 3.87. The second kappa shape index (κ2) is 4.53. The van der Waals surface area contributed by atoms with Gasteiger partial charge in [-0.05, 0) is 26.8 Å². The summed E-state index contributed by atoms with van der Waals surface area (Å²) in [6.45, 7) is 6.72. The fourth-order valence-electron chi connectivity index (χ4n) is 1.77. The molecule has 2 aromatic heterocycles. The van der Waals surface area contributed by atoms with E-state index in [0.29, 0.717) is 6.54 Å². The zero-order valence-electron chi connectivity index (χ0n) is 9.78. The Bertz CT molecular complexity index is 446. The van der Waals surface area contributed by atoms with Gasteiger partial charge >= 0.3 is 0 Å². The van der Waals surface area contributed by atoms with Crippen LogP contribution in [0, 0.1) is 13.8 Å². The maximum absolute atomic E-state index is 5.50. The van der Waals surface area contributed by atoms with Gasteiger partial charge in [-0.1, -0.05) is 0 Å². The first-order chi connectivity index (χ1) is 7.66. The van der Waals surface area contributed by atoms with Crippen LogP contribution in [0.3, 0.4) is 0 Å². The number of aromatic nitrogens is 1. The Morgan fingerprint density at radius 3 is 2.81 bits per heavy atom. The monoisotopic (exact) mass is 220 g/mol. The molecule has 86 valence electrons. The van der Waals surface area contributed by atoms with Gasteiger partial charge in [-0.25, -0.2) is 4.98 Å². The Morgan fingerprint density at radius 1 is 1.44 bits per heavy atom. The van der Waals surface area contributed by atoms with E-state index in [0.717, 1.165) is 17.3 Å². The number of oxazole rings is 1. The van der Waals surface area contributed by atoms with Gasteiger partial charge in [0.1, 0.15) is 17.3 Å². The lowest BCUT2D eigenvalue weighted by atomic mass is 10.1. The summed E-state index contributed by atoms with van der Waals surface area (Å²) in [7, 11) is 0. The molecule has 2 aromatic rings. The maximum atomic E-state index is 5.50. The number of aryl methyl sites for hydroxylation is 2. The number of nitrogens with one attached hydrogen (secondary N) is 1. The van der Waals surface area contributed by atoms with Gasteiger partial charge < -0.3 is 14.2 Å². The number of rotatable bonds is 4. The SMILES string of the molecule is Cc1cc(C(C)NCc2cnco2)c(C)o1. The van der Waals surface area contributed by atoms with Crippen LogP contribution in [0.1, 0.15) is 35.8 Å². The van der Waals surface area contributed by atoms with Gasteiger partial charge in [-0.3, -0.25) is 0 Å². The van der Waals surface area contributed by atoms with Gasteiger partial charge in [0.2, 0.25) is 0 Å². The molecule has 0 aromatic carbocycles. The minimum absolute atomic E-state index is 0.238. The van der Waals surface area contributed by atoms with Crippen molar-refractivity contribution < 1.29 is 8.83 Å². The predicted molar refractivity (Wildman–Crippen MR) is 59.9 cm³/mol. The molecule has 2 rings (SSSR count). The van der Waals surface area contributed by atoms with Crippen LogP contribution in [0.25, 0.3) is 0 Å². The average molecular weight is 220 g/mol. The van der Waals surface area contributed by atoms with Crippen LogP contribution in [-0.2, 0) is 6.54 Å². The highest BCUT2D eigenvalue weighted by molar-refractivity contribution is 5.23. The lowest BCUT2D eigenvalue weighted by Crippen LogP contribution is -2.17. The number of hydrogen-bond acceptors (Lipinski definition) is 4. The molecule has 0 aliphatic rings. The van der Waals surface area contributed by atoms with Crippen molar-refractivity contribution in [2.75, 3.05) is 0 Å². The van der Waals surface area contributed by atoms with Crippen LogP contribution in [0.5, 0.6) is 0 Å². The highest BCUT2D eigenvalue weighted by Crippen LogP contribution is 2.21. The maximum Gasteiger partial charge on any atom is 0.180 e. The standard InChI is InChI=1S/C12H16N2O2/c1-8-4-12(10(3)16-8)9(2)14-6-11-5-13-7-15-11/h4-5,7,9,14H,6H2,1-3H3. The van der Waals surface area contributed by atoms with Gasteiger partial charge in [0.15, 0.2) is 6.39 Å². The number of hydrogen-bond donors (Lipinski definition) is 1. The number of nitrogens with zero attached hydrogens (tertiary/aromatic N) is 1. The molecule has 2 heterocycles. The van der Waals surface area contributed by atoms with Gasteiger partial charge in [-0.2, -0.15) is 0 Å². The van der Waals surface area contributed by atoms with Crippen molar-refractivity contribution in [1.82, 2.24) is 10.3 Å². The van der Waals surface area contributed by atoms with E-state index in [4.69, 9.17) is 8.83 Å². The van der Waals surface area contributed by atoms with Crippen molar-refractivity contribution in [3.05, 3.63) is 41.5 Å². The summed E-state index contributed by atoms with van der Waals surface area (Å²) >= 11 is 0. The third-order valence-electron chi connectivity index (χ3n) is 2.61. The molecular weight excluding hydrogens is 204 g/mol. The van der Waals surface area contributed by atoms with E-state index in [1.165, 1.54) is 12.0 Å². The second-order valence-corrected chi connectivity index (χ2v) is 3.94. The van der Waals surface area contributed by atoms with Crippen LogP contribution in [0.15, 0.2) is 27.5 Å². The molecule has 0 bridgehead atoms. The molecule has 0 fully saturated rings. The molecule has 1 atom stereocenters. The third-order valence-corrected chi connectivity index (χ3v) is 2.61. The minimum atomic E-state index is 0.238. The molecule has 0 saturated heterocycles. The normalized spacial score (nSPS) is 12.9. The zero-order chi connectivity index (χ0) is 11.5. The highest BCUT2D eigenvalue weighted by atomic mass is 16.3. The fourth-order valence-corrected chi connectivity index (χ4v) is 1.77. The van der Waals surface area contributed by atoms with Crippen molar-refractivity contribution in [2.45, 2.75) is 33.4 Å². The van der Waals surface area contributed by atoms with Gasteiger partial charge in [0, 0.05) is 11.6 Å². The quantitative estimate of drug-likeness (QED) is 0.860. The molecule has 4 nitrogen and oxygen atoms in total. The van der Waals surface area contributed by atoms with Crippen LogP contribution < -0.4 is 5.32 Å². The Balaban J connectivity index is 1.98. The highest BCUT2D eigenvalue weighted by Gasteiger charge is 2.12. The zero-order valence-corrected chi connectivity index (χ0v) is 9.78. The van der Waals surface area contributed by atoms with E-state index in [1.54, 1.807) is 6.20 Å². The largest absolute Gasteiger partial charge is 0.466 e. The Labute approximate surface area is 94.7 Å². The Hall–Kier alpha value is -1.55. The number of furan rings is 1. The predicted octanol–water partition coefficient (Wildman–Crippen LogP) is 2.74. The second-order valence-electron chi connectivity index (χ2n) is 3.94. The van der Waals surface area contributed by atoms with Gasteiger partial charge in [0.05, 0.1) is 12.7 Å². The molecule has 4 heteroatoms. The topological polar surface area (TPSA) is 51.2 Å². The van der Waals surface area contributed by atoms with E-state index in [1.807, 2.05) is 13.8 Å². The van der Waals surface area contributed by atoms with Crippen molar-refractivity contribution in [3.8, 4) is 0 Å². The molecule has 0 saturated carbocycles. The van der Waals surface area contributed by atoms with Crippen LogP contribution in [0.2, 0.25) is 0 Å². The van der Waals surface area contributed by atoms with E-state index >= 15 is 0 Å². The summed E-state index contributed by atoms with van der Waals surface area (Å²) in [5.74, 6) is 2.75. The summed E-state index contributed by atoms with van der Waals surface area (Å²) in [5.41, 5.74) is 1.19. The van der Waals surface area contributed by atoms with Gasteiger partial charge in [0.25, 0.3) is 0 Å². The summed E-state index contributed by atoms with van der Waals surface area (Å²) in [6.07, 6.45) is 3.15. The fraction of sp³-hybridized carbons (Fsp3) is 0.417. The summed E-state index contributed by atoms with van der Waals surface area (Å²) in [5, 5.41) is 3.36. The van der Waals surface area contributed by atoms with E-state index in [-0.39, 0.29) is 6.04 Å². The van der Waals surface area contributed by atoms with E-state index in [9.17, 15) is 0 Å². The van der Waals surface area contributed by atoms with Crippen LogP contribution in [-0.4, -0.2) is 4.98 Å². The van der Waals surface area contributed by atoms with Crippen molar-refractivity contribution in [1.29, 1.82) is 0 Å². The molecule has 0 spiro atoms. The first-order valence-electron chi connectivity index (χ1n) is 5.34. The molecule has 0 radical (unpaired) electrons. The Morgan fingerprint density at radius 2 is 2.25 bits per heavy atom. The van der Waals surface area contributed by atoms with Crippen molar-refractivity contribution in [3.63, 3.8) is 0 Å². The van der Waals surface area contributed by atoms with Gasteiger partial charge in [-0.15, -0.1) is 0 Å². The van der Waals surface area contributed by atoms with Crippen LogP contribution in [0.4, 0.5) is 0 Å². The van der Waals surface area contributed by atoms with Crippen molar-refractivity contribution in [2.24, 2.45) is 0 Å². The molecule has 0 aliphatic heterocycles. The Kier molecular flexibility index (Phi) is 3.10. The molecule has 1 N–H and O–H groups in total. The summed E-state index contributed by atoms with van der Waals surface area (Å²) < 4.78 is 10.7. The molecule has 0 amide bonds. The lowest BCUT2D eigenvalue weighted by Gasteiger charge is -2.11. The van der Waals surface area contributed by atoms with Crippen LogP contribution >= 0.6 is 0 Å². The first-order valence-corrected chi connectivity index (χ1v) is 5.34. The van der Waals surface area contributed by atoms with E-state index in [2.05, 4.69) is 23.3 Å². The molecule has 1 unspecified atom stereocenters.